The highest BCUT2D eigenvalue weighted by Crippen LogP contribution is 2.12. The van der Waals surface area contributed by atoms with E-state index in [1.807, 2.05) is 0 Å². The summed E-state index contributed by atoms with van der Waals surface area (Å²) in [6, 6.07) is 7.73. The Morgan fingerprint density at radius 2 is 1.89 bits per heavy atom. The van der Waals surface area contributed by atoms with Crippen molar-refractivity contribution >= 4 is 17.6 Å². The molecule has 0 radical (unpaired) electrons. The van der Waals surface area contributed by atoms with Crippen LogP contribution in [-0.2, 0) is 0 Å². The lowest BCUT2D eigenvalue weighted by molar-refractivity contribution is 0.0690. The van der Waals surface area contributed by atoms with Gasteiger partial charge in [-0.05, 0) is 24.3 Å². The molecule has 0 aliphatic rings. The number of anilines is 1. The number of nitrogens with zero attached hydrogens (tertiary/aromatic N) is 3. The van der Waals surface area contributed by atoms with E-state index in [0.717, 1.165) is 0 Å². The van der Waals surface area contributed by atoms with E-state index < -0.39 is 11.9 Å². The topological polar surface area (TPSA) is 83.4 Å². The molecular weight excluding hydrogens is 246 g/mol. The number of rotatable bonds is 3. The van der Waals surface area contributed by atoms with Crippen molar-refractivity contribution in [1.29, 1.82) is 0 Å². The Morgan fingerprint density at radius 3 is 2.53 bits per heavy atom. The van der Waals surface area contributed by atoms with E-state index in [1.54, 1.807) is 31.6 Å². The third-order valence-corrected chi connectivity index (χ3v) is 2.53. The zero-order chi connectivity index (χ0) is 13.8. The van der Waals surface area contributed by atoms with Crippen LogP contribution in [0.2, 0.25) is 0 Å². The molecule has 2 aromatic heterocycles. The summed E-state index contributed by atoms with van der Waals surface area (Å²) in [4.78, 5) is 32.1. The number of amides is 1. The van der Waals surface area contributed by atoms with Gasteiger partial charge in [-0.1, -0.05) is 6.07 Å². The SMILES string of the molecule is CN(C(=O)c1cccc(C(=O)O)n1)c1cccnc1. The number of aromatic nitrogens is 2. The molecule has 0 saturated carbocycles. The predicted octanol–water partition coefficient (Wildman–Crippen LogP) is 1.45. The molecule has 2 rings (SSSR count). The van der Waals surface area contributed by atoms with Crippen molar-refractivity contribution in [2.75, 3.05) is 11.9 Å². The van der Waals surface area contributed by atoms with Gasteiger partial charge in [-0.15, -0.1) is 0 Å². The van der Waals surface area contributed by atoms with Crippen molar-refractivity contribution in [3.05, 3.63) is 54.1 Å². The normalized spacial score (nSPS) is 9.95. The van der Waals surface area contributed by atoms with Crippen LogP contribution in [0.4, 0.5) is 5.69 Å². The van der Waals surface area contributed by atoms with Gasteiger partial charge in [0, 0.05) is 13.2 Å². The third kappa shape index (κ3) is 2.74. The van der Waals surface area contributed by atoms with Gasteiger partial charge in [-0.2, -0.15) is 0 Å². The van der Waals surface area contributed by atoms with Crippen molar-refractivity contribution in [2.45, 2.75) is 0 Å². The molecule has 0 unspecified atom stereocenters. The number of pyridine rings is 2. The number of carbonyl (C=O) groups excluding carboxylic acids is 1. The summed E-state index contributed by atoms with van der Waals surface area (Å²) in [5, 5.41) is 8.85. The molecule has 6 nitrogen and oxygen atoms in total. The average Bonchev–Trinajstić information content (AvgIpc) is 2.46. The number of hydrogen-bond donors (Lipinski definition) is 1. The minimum atomic E-state index is -1.17. The maximum atomic E-state index is 12.2. The van der Waals surface area contributed by atoms with Crippen LogP contribution in [0.25, 0.3) is 0 Å². The lowest BCUT2D eigenvalue weighted by Crippen LogP contribution is -2.27. The lowest BCUT2D eigenvalue weighted by atomic mass is 10.2. The van der Waals surface area contributed by atoms with Crippen LogP contribution >= 0.6 is 0 Å². The molecule has 2 aromatic rings. The molecule has 96 valence electrons. The molecule has 0 fully saturated rings. The van der Waals surface area contributed by atoms with Crippen molar-refractivity contribution in [3.63, 3.8) is 0 Å². The van der Waals surface area contributed by atoms with E-state index in [0.29, 0.717) is 5.69 Å². The smallest absolute Gasteiger partial charge is 0.354 e. The van der Waals surface area contributed by atoms with Crippen molar-refractivity contribution in [3.8, 4) is 0 Å². The first kappa shape index (κ1) is 12.7. The van der Waals surface area contributed by atoms with E-state index in [1.165, 1.54) is 23.1 Å². The fourth-order valence-electron chi connectivity index (χ4n) is 1.51. The highest BCUT2D eigenvalue weighted by molar-refractivity contribution is 6.04. The molecule has 1 N–H and O–H groups in total. The van der Waals surface area contributed by atoms with E-state index in [-0.39, 0.29) is 11.4 Å². The summed E-state index contributed by atoms with van der Waals surface area (Å²) in [6.45, 7) is 0. The zero-order valence-electron chi connectivity index (χ0n) is 10.1. The fourth-order valence-corrected chi connectivity index (χ4v) is 1.51. The molecule has 19 heavy (non-hydrogen) atoms. The highest BCUT2D eigenvalue weighted by atomic mass is 16.4. The molecule has 0 aromatic carbocycles. The Balaban J connectivity index is 2.29. The maximum Gasteiger partial charge on any atom is 0.354 e. The Bertz CT molecular complexity index is 614. The van der Waals surface area contributed by atoms with Crippen LogP contribution in [0.3, 0.4) is 0 Å². The Hall–Kier alpha value is -2.76. The number of aromatic carboxylic acids is 1. The first-order valence-electron chi connectivity index (χ1n) is 5.48. The zero-order valence-corrected chi connectivity index (χ0v) is 10.1. The van der Waals surface area contributed by atoms with Gasteiger partial charge >= 0.3 is 5.97 Å². The quantitative estimate of drug-likeness (QED) is 0.899. The number of carbonyl (C=O) groups is 2. The monoisotopic (exact) mass is 257 g/mol. The Labute approximate surface area is 109 Å². The van der Waals surface area contributed by atoms with Gasteiger partial charge in [0.15, 0.2) is 0 Å². The first-order chi connectivity index (χ1) is 9.09. The second-order valence-corrected chi connectivity index (χ2v) is 3.79. The first-order valence-corrected chi connectivity index (χ1v) is 5.48. The van der Waals surface area contributed by atoms with Gasteiger partial charge in [-0.3, -0.25) is 9.78 Å². The number of carboxylic acid groups (broad SMARTS) is 1. The molecule has 0 atom stereocenters. The Kier molecular flexibility index (Phi) is 3.51. The third-order valence-electron chi connectivity index (χ3n) is 2.53. The van der Waals surface area contributed by atoms with E-state index in [2.05, 4.69) is 9.97 Å². The summed E-state index contributed by atoms with van der Waals surface area (Å²) in [5.41, 5.74) is 0.520. The molecular formula is C13H11N3O3. The van der Waals surface area contributed by atoms with Crippen LogP contribution in [0.5, 0.6) is 0 Å². The maximum absolute atomic E-state index is 12.2. The van der Waals surface area contributed by atoms with Crippen LogP contribution < -0.4 is 4.90 Å². The summed E-state index contributed by atoms with van der Waals surface area (Å²) in [5.74, 6) is -1.56. The number of hydrogen-bond acceptors (Lipinski definition) is 4. The van der Waals surface area contributed by atoms with Crippen LogP contribution in [0, 0.1) is 0 Å². The molecule has 0 aliphatic carbocycles. The predicted molar refractivity (Wildman–Crippen MR) is 68.2 cm³/mol. The molecule has 1 amide bonds. The van der Waals surface area contributed by atoms with Crippen molar-refractivity contribution < 1.29 is 14.7 Å². The molecule has 2 heterocycles. The van der Waals surface area contributed by atoms with Gasteiger partial charge in [0.2, 0.25) is 0 Å². The average molecular weight is 257 g/mol. The van der Waals surface area contributed by atoms with E-state index in [9.17, 15) is 9.59 Å². The van der Waals surface area contributed by atoms with Gasteiger partial charge in [-0.25, -0.2) is 9.78 Å². The second kappa shape index (κ2) is 5.26. The second-order valence-electron chi connectivity index (χ2n) is 3.79. The van der Waals surface area contributed by atoms with Gasteiger partial charge in [0.05, 0.1) is 11.9 Å². The molecule has 0 aliphatic heterocycles. The highest BCUT2D eigenvalue weighted by Gasteiger charge is 2.16. The minimum absolute atomic E-state index is 0.0752. The minimum Gasteiger partial charge on any atom is -0.477 e. The molecule has 6 heteroatoms. The summed E-state index contributed by atoms with van der Waals surface area (Å²) < 4.78 is 0. The van der Waals surface area contributed by atoms with Crippen LogP contribution in [0.15, 0.2) is 42.7 Å². The van der Waals surface area contributed by atoms with Crippen LogP contribution in [0.1, 0.15) is 21.0 Å². The number of carboxylic acids is 1. The van der Waals surface area contributed by atoms with Gasteiger partial charge < -0.3 is 10.0 Å². The van der Waals surface area contributed by atoms with Gasteiger partial charge in [0.25, 0.3) is 5.91 Å². The fraction of sp³-hybridized carbons (Fsp3) is 0.0769. The van der Waals surface area contributed by atoms with E-state index >= 15 is 0 Å². The van der Waals surface area contributed by atoms with Gasteiger partial charge in [0.1, 0.15) is 11.4 Å². The summed E-state index contributed by atoms with van der Waals surface area (Å²) >= 11 is 0. The molecule has 0 spiro atoms. The Morgan fingerprint density at radius 1 is 1.16 bits per heavy atom. The summed E-state index contributed by atoms with van der Waals surface area (Å²) in [6.07, 6.45) is 3.14. The van der Waals surface area contributed by atoms with Crippen LogP contribution in [-0.4, -0.2) is 34.0 Å². The molecule has 0 bridgehead atoms. The largest absolute Gasteiger partial charge is 0.477 e. The standard InChI is InChI=1S/C13H11N3O3/c1-16(9-4-3-7-14-8-9)12(17)10-5-2-6-11(15-10)13(18)19/h2-8H,1H3,(H,18,19). The summed E-state index contributed by atoms with van der Waals surface area (Å²) in [7, 11) is 1.58. The van der Waals surface area contributed by atoms with Crippen molar-refractivity contribution in [1.82, 2.24) is 9.97 Å². The lowest BCUT2D eigenvalue weighted by Gasteiger charge is -2.16. The van der Waals surface area contributed by atoms with Crippen molar-refractivity contribution in [2.24, 2.45) is 0 Å². The van der Waals surface area contributed by atoms with E-state index in [4.69, 9.17) is 5.11 Å². The molecule has 0 saturated heterocycles.